The molecule has 1 heterocycles. The van der Waals surface area contributed by atoms with E-state index in [4.69, 9.17) is 5.73 Å². The number of benzene rings is 3. The maximum absolute atomic E-state index is 15.1. The molecule has 64 heavy (non-hydrogen) atoms. The van der Waals surface area contributed by atoms with Crippen molar-refractivity contribution in [3.8, 4) is 0 Å². The Hall–Kier alpha value is -3.63. The average Bonchev–Trinajstić information content (AvgIpc) is 3.24. The minimum Gasteiger partial charge on any atom is -0.384 e. The van der Waals surface area contributed by atoms with E-state index in [2.05, 4.69) is 33.0 Å². The number of nitrogens with two attached hydrogens (primary N) is 1. The first-order chi connectivity index (χ1) is 30.0. The third kappa shape index (κ3) is 12.6. The quantitative estimate of drug-likeness (QED) is 0.143. The first kappa shape index (κ1) is 53.0. The van der Waals surface area contributed by atoms with Crippen LogP contribution in [0.5, 0.6) is 0 Å². The van der Waals surface area contributed by atoms with Gasteiger partial charge in [-0.05, 0) is 93.2 Å². The van der Waals surface area contributed by atoms with Gasteiger partial charge in [0.25, 0.3) is 0 Å². The zero-order chi connectivity index (χ0) is 47.7. The van der Waals surface area contributed by atoms with Crippen LogP contribution in [-0.2, 0) is 30.1 Å². The number of nitrogens with one attached hydrogen (secondary N) is 1. The van der Waals surface area contributed by atoms with Crippen molar-refractivity contribution in [3.05, 3.63) is 118 Å². The minimum atomic E-state index is -4.15. The SMILES string of the molecule is CC(C)c1cc(C(C)C)c(S(=O)(=O)N2C/C=C\CN(S(=O)(=O)c3ccc(NCCN)cc3)C/C=C/CN(S(=O)(=O)c3c(C(C)C)cc(C(C)C)cc3C(C)C)C/C=C/C2)c(C(C)C)c1. The fourth-order valence-corrected chi connectivity index (χ4v) is 13.1. The Kier molecular flexibility index (Phi) is 18.8. The highest BCUT2D eigenvalue weighted by molar-refractivity contribution is 7.89. The zero-order valence-corrected chi connectivity index (χ0v) is 42.7. The lowest BCUT2D eigenvalue weighted by Crippen LogP contribution is -2.34. The Morgan fingerprint density at radius 2 is 0.734 bits per heavy atom. The van der Waals surface area contributed by atoms with E-state index in [1.807, 2.05) is 79.7 Å². The summed E-state index contributed by atoms with van der Waals surface area (Å²) in [5, 5.41) is 3.16. The summed E-state index contributed by atoms with van der Waals surface area (Å²) in [4.78, 5) is 0.662. The van der Waals surface area contributed by atoms with Crippen molar-refractivity contribution in [1.82, 2.24) is 12.9 Å². The van der Waals surface area contributed by atoms with Crippen molar-refractivity contribution >= 4 is 35.8 Å². The second kappa shape index (κ2) is 22.7. The molecule has 3 N–H and O–H groups in total. The van der Waals surface area contributed by atoms with Crippen LogP contribution in [-0.4, -0.2) is 90.5 Å². The summed E-state index contributed by atoms with van der Waals surface area (Å²) in [5.41, 5.74) is 11.5. The summed E-state index contributed by atoms with van der Waals surface area (Å²) >= 11 is 0. The topological polar surface area (TPSA) is 150 Å². The molecule has 0 saturated heterocycles. The van der Waals surface area contributed by atoms with Crippen LogP contribution in [0.4, 0.5) is 5.69 Å². The summed E-state index contributed by atoms with van der Waals surface area (Å²) in [5.74, 6) is 0.0198. The van der Waals surface area contributed by atoms with Gasteiger partial charge in [0.1, 0.15) is 0 Å². The first-order valence-electron chi connectivity index (χ1n) is 22.8. The molecule has 0 fully saturated rings. The van der Waals surface area contributed by atoms with Crippen molar-refractivity contribution in [3.63, 3.8) is 0 Å². The summed E-state index contributed by atoms with van der Waals surface area (Å²) in [7, 11) is -12.4. The normalized spacial score (nSPS) is 17.7. The number of hydrogen-bond donors (Lipinski definition) is 2. The van der Waals surface area contributed by atoms with Gasteiger partial charge in [-0.15, -0.1) is 0 Å². The fraction of sp³-hybridized carbons (Fsp3) is 0.520. The maximum Gasteiger partial charge on any atom is 0.244 e. The van der Waals surface area contributed by atoms with Gasteiger partial charge in [0.05, 0.1) is 14.7 Å². The smallest absolute Gasteiger partial charge is 0.244 e. The van der Waals surface area contributed by atoms with E-state index in [-0.39, 0.29) is 89.5 Å². The van der Waals surface area contributed by atoms with Crippen LogP contribution in [0.2, 0.25) is 0 Å². The van der Waals surface area contributed by atoms with Gasteiger partial charge in [-0.25, -0.2) is 25.3 Å². The molecule has 14 heteroatoms. The standard InChI is InChI=1S/C50H75N5O6S3/c1-35(2)41-31-45(37(5)6)49(46(32-41)38(7)8)63(58,59)54-27-15-13-25-53(62(56,57)44-21-19-43(20-22-44)52-24-23-51)26-14-16-28-55(30-18-17-29-54)64(60,61)50-47(39(9)10)33-42(36(3)4)34-48(50)40(11)12/h13-22,31-40,52H,23-30,51H2,1-12H3/b15-13-,16-14+,18-17+. The third-order valence-corrected chi connectivity index (χ3v) is 17.5. The molecule has 4 rings (SSSR count). The summed E-state index contributed by atoms with van der Waals surface area (Å²) in [6.07, 6.45) is 10.2. The molecule has 0 atom stereocenters. The Morgan fingerprint density at radius 3 is 0.984 bits per heavy atom. The highest BCUT2D eigenvalue weighted by Gasteiger charge is 2.34. The lowest BCUT2D eigenvalue weighted by atomic mass is 9.89. The van der Waals surface area contributed by atoms with Crippen LogP contribution in [0.15, 0.2) is 99.7 Å². The monoisotopic (exact) mass is 937 g/mol. The molecule has 0 spiro atoms. The van der Waals surface area contributed by atoms with E-state index in [0.717, 1.165) is 39.1 Å². The van der Waals surface area contributed by atoms with E-state index in [1.54, 1.807) is 48.6 Å². The average molecular weight is 938 g/mol. The van der Waals surface area contributed by atoms with Crippen LogP contribution >= 0.6 is 0 Å². The number of hydrogen-bond acceptors (Lipinski definition) is 8. The summed E-state index contributed by atoms with van der Waals surface area (Å²) in [6, 6.07) is 14.5. The van der Waals surface area contributed by atoms with E-state index in [0.29, 0.717) is 13.1 Å². The van der Waals surface area contributed by atoms with Crippen molar-refractivity contribution in [2.24, 2.45) is 5.73 Å². The molecular weight excluding hydrogens is 863 g/mol. The molecule has 3 aromatic carbocycles. The van der Waals surface area contributed by atoms with Crippen molar-refractivity contribution in [1.29, 1.82) is 0 Å². The molecule has 1 aliphatic heterocycles. The molecule has 0 unspecified atom stereocenters. The zero-order valence-electron chi connectivity index (χ0n) is 40.3. The molecule has 11 nitrogen and oxygen atoms in total. The lowest BCUT2D eigenvalue weighted by molar-refractivity contribution is 0.462. The molecule has 0 bridgehead atoms. The van der Waals surface area contributed by atoms with Crippen LogP contribution < -0.4 is 11.1 Å². The Labute approximate surface area is 387 Å². The second-order valence-electron chi connectivity index (χ2n) is 18.6. The van der Waals surface area contributed by atoms with E-state index in [9.17, 15) is 8.42 Å². The number of anilines is 1. The predicted molar refractivity (Wildman–Crippen MR) is 265 cm³/mol. The second-order valence-corrected chi connectivity index (χ2v) is 24.3. The molecule has 3 aromatic rings. The van der Waals surface area contributed by atoms with E-state index >= 15 is 16.8 Å². The fourth-order valence-electron chi connectivity index (χ4n) is 7.71. The van der Waals surface area contributed by atoms with Gasteiger partial charge < -0.3 is 11.1 Å². The van der Waals surface area contributed by atoms with Gasteiger partial charge in [-0.1, -0.05) is 144 Å². The molecule has 0 saturated carbocycles. The van der Waals surface area contributed by atoms with Crippen molar-refractivity contribution in [2.45, 2.75) is 133 Å². The molecule has 0 amide bonds. The largest absolute Gasteiger partial charge is 0.384 e. The van der Waals surface area contributed by atoms with Gasteiger partial charge in [0.2, 0.25) is 30.1 Å². The lowest BCUT2D eigenvalue weighted by Gasteiger charge is -2.28. The number of rotatable bonds is 15. The first-order valence-corrected chi connectivity index (χ1v) is 27.1. The predicted octanol–water partition coefficient (Wildman–Crippen LogP) is 9.85. The van der Waals surface area contributed by atoms with Crippen LogP contribution in [0, 0.1) is 0 Å². The van der Waals surface area contributed by atoms with Gasteiger partial charge in [0, 0.05) is 58.0 Å². The summed E-state index contributed by atoms with van der Waals surface area (Å²) < 4.78 is 93.1. The summed E-state index contributed by atoms with van der Waals surface area (Å²) in [6.45, 7) is 25.1. The van der Waals surface area contributed by atoms with Crippen LogP contribution in [0.25, 0.3) is 0 Å². The Bertz CT molecular complexity index is 2280. The van der Waals surface area contributed by atoms with Crippen molar-refractivity contribution < 1.29 is 25.3 Å². The molecule has 1 aliphatic rings. The van der Waals surface area contributed by atoms with Gasteiger partial charge in [-0.3, -0.25) is 0 Å². The van der Waals surface area contributed by atoms with E-state index in [1.165, 1.54) is 25.0 Å². The molecular formula is C50H75N5O6S3. The van der Waals surface area contributed by atoms with E-state index < -0.39 is 30.1 Å². The highest BCUT2D eigenvalue weighted by Crippen LogP contribution is 2.38. The van der Waals surface area contributed by atoms with Gasteiger partial charge in [-0.2, -0.15) is 12.9 Å². The molecule has 0 aliphatic carbocycles. The number of sulfonamides is 3. The molecule has 0 aromatic heterocycles. The number of nitrogens with zero attached hydrogens (tertiary/aromatic N) is 3. The third-order valence-electron chi connectivity index (χ3n) is 11.7. The van der Waals surface area contributed by atoms with Crippen LogP contribution in [0.3, 0.4) is 0 Å². The highest BCUT2D eigenvalue weighted by atomic mass is 32.2. The van der Waals surface area contributed by atoms with Gasteiger partial charge >= 0.3 is 0 Å². The molecule has 0 radical (unpaired) electrons. The maximum atomic E-state index is 15.1. The molecule has 354 valence electrons. The van der Waals surface area contributed by atoms with Crippen LogP contribution in [0.1, 0.15) is 152 Å². The minimum absolute atomic E-state index is 0.0401. The Balaban J connectivity index is 1.91. The van der Waals surface area contributed by atoms with Gasteiger partial charge in [0.15, 0.2) is 0 Å². The Morgan fingerprint density at radius 1 is 0.453 bits per heavy atom. The van der Waals surface area contributed by atoms with Crippen molar-refractivity contribution in [2.75, 3.05) is 57.7 Å².